The lowest BCUT2D eigenvalue weighted by Gasteiger charge is -2.21. The first kappa shape index (κ1) is 23.4. The zero-order chi connectivity index (χ0) is 21.9. The lowest BCUT2D eigenvalue weighted by molar-refractivity contribution is -0.136. The second-order valence-electron chi connectivity index (χ2n) is 7.21. The number of hydrogen-bond donors (Lipinski definition) is 4. The van der Waals surface area contributed by atoms with Gasteiger partial charge in [-0.25, -0.2) is 9.18 Å². The Morgan fingerprint density at radius 3 is 2.70 bits per heavy atom. The molecule has 1 fully saturated rings. The van der Waals surface area contributed by atoms with E-state index in [1.54, 1.807) is 19.9 Å². The van der Waals surface area contributed by atoms with Gasteiger partial charge in [0.05, 0.1) is 12.5 Å². The van der Waals surface area contributed by atoms with Crippen molar-refractivity contribution in [1.29, 1.82) is 0 Å². The Morgan fingerprint density at radius 2 is 2.07 bits per heavy atom. The number of carboxylic acids is 1. The van der Waals surface area contributed by atoms with Gasteiger partial charge in [-0.05, 0) is 44.7 Å². The number of anilines is 1. The summed E-state index contributed by atoms with van der Waals surface area (Å²) in [6.45, 7) is 5.41. The number of carboxylic acid groups (broad SMARTS) is 1. The zero-order valence-corrected chi connectivity index (χ0v) is 17.2. The summed E-state index contributed by atoms with van der Waals surface area (Å²) in [6.07, 6.45) is 1.39. The van der Waals surface area contributed by atoms with Crippen LogP contribution in [0, 0.1) is 11.7 Å². The van der Waals surface area contributed by atoms with E-state index in [4.69, 9.17) is 14.6 Å². The van der Waals surface area contributed by atoms with Gasteiger partial charge in [-0.3, -0.25) is 15.1 Å². The summed E-state index contributed by atoms with van der Waals surface area (Å²) in [4.78, 5) is 27.1. The summed E-state index contributed by atoms with van der Waals surface area (Å²) in [5, 5.41) is 16.6. The number of halogens is 1. The van der Waals surface area contributed by atoms with E-state index in [0.717, 1.165) is 12.8 Å². The summed E-state index contributed by atoms with van der Waals surface area (Å²) < 4.78 is 25.0. The van der Waals surface area contributed by atoms with Gasteiger partial charge < -0.3 is 25.2 Å². The van der Waals surface area contributed by atoms with E-state index in [1.165, 1.54) is 12.1 Å². The number of aliphatic imine (C=N–C) groups is 1. The molecule has 0 aromatic heterocycles. The number of benzene rings is 1. The van der Waals surface area contributed by atoms with E-state index in [0.29, 0.717) is 31.4 Å². The minimum atomic E-state index is -1.01. The molecular weight excluding hydrogens is 395 g/mol. The standard InChI is InChI=1S/C20H29FN4O5/c1-13(2)30-17-4-3-15(11-16(17)21)24-19(23-12-14-6-9-29-10-7-14)25-20(28)22-8-5-18(26)27/h3-4,11,13-14H,5-10,12H2,1-2H3,(H,26,27)(H3,22,23,24,25,28). The Labute approximate surface area is 175 Å². The van der Waals surface area contributed by atoms with Crippen LogP contribution in [-0.2, 0) is 9.53 Å². The maximum Gasteiger partial charge on any atom is 0.321 e. The molecule has 0 saturated carbocycles. The van der Waals surface area contributed by atoms with Crippen molar-refractivity contribution >= 4 is 23.6 Å². The molecule has 4 N–H and O–H groups in total. The van der Waals surface area contributed by atoms with Crippen LogP contribution in [-0.4, -0.2) is 55.5 Å². The van der Waals surface area contributed by atoms with Crippen molar-refractivity contribution < 1.29 is 28.6 Å². The largest absolute Gasteiger partial charge is 0.488 e. The van der Waals surface area contributed by atoms with Crippen molar-refractivity contribution in [3.63, 3.8) is 0 Å². The maximum atomic E-state index is 14.3. The average Bonchev–Trinajstić information content (AvgIpc) is 2.68. The minimum Gasteiger partial charge on any atom is -0.488 e. The molecule has 30 heavy (non-hydrogen) atoms. The molecule has 1 aromatic carbocycles. The lowest BCUT2D eigenvalue weighted by Crippen LogP contribution is -2.43. The third-order valence-corrected chi connectivity index (χ3v) is 4.26. The van der Waals surface area contributed by atoms with E-state index < -0.39 is 17.8 Å². The van der Waals surface area contributed by atoms with Crippen molar-refractivity contribution in [2.75, 3.05) is 31.6 Å². The minimum absolute atomic E-state index is 0.0235. The highest BCUT2D eigenvalue weighted by atomic mass is 19.1. The average molecular weight is 424 g/mol. The Balaban J connectivity index is 2.04. The van der Waals surface area contributed by atoms with Crippen molar-refractivity contribution in [3.8, 4) is 5.75 Å². The molecule has 0 atom stereocenters. The van der Waals surface area contributed by atoms with Gasteiger partial charge in [0, 0.05) is 38.1 Å². The first-order valence-corrected chi connectivity index (χ1v) is 9.95. The molecule has 9 nitrogen and oxygen atoms in total. The number of aliphatic carboxylic acids is 1. The molecule has 166 valence electrons. The van der Waals surface area contributed by atoms with E-state index in [9.17, 15) is 14.0 Å². The third kappa shape index (κ3) is 8.64. The number of nitrogens with zero attached hydrogens (tertiary/aromatic N) is 1. The summed E-state index contributed by atoms with van der Waals surface area (Å²) in [7, 11) is 0. The van der Waals surface area contributed by atoms with E-state index >= 15 is 0 Å². The second kappa shape index (κ2) is 12.0. The van der Waals surface area contributed by atoms with Gasteiger partial charge in [0.25, 0.3) is 0 Å². The molecule has 1 saturated heterocycles. The van der Waals surface area contributed by atoms with Gasteiger partial charge in [-0.15, -0.1) is 0 Å². The quantitative estimate of drug-likeness (QED) is 0.376. The number of carbonyl (C=O) groups excluding carboxylic acids is 1. The fourth-order valence-corrected chi connectivity index (χ4v) is 2.76. The smallest absolute Gasteiger partial charge is 0.321 e. The molecular formula is C20H29FN4O5. The van der Waals surface area contributed by atoms with Crippen LogP contribution in [0.2, 0.25) is 0 Å². The second-order valence-corrected chi connectivity index (χ2v) is 7.21. The summed E-state index contributed by atoms with van der Waals surface area (Å²) in [6, 6.07) is 3.77. The summed E-state index contributed by atoms with van der Waals surface area (Å²) in [5.41, 5.74) is 0.389. The maximum absolute atomic E-state index is 14.3. The van der Waals surface area contributed by atoms with Crippen LogP contribution < -0.4 is 20.7 Å². The van der Waals surface area contributed by atoms with Crippen LogP contribution in [0.3, 0.4) is 0 Å². The van der Waals surface area contributed by atoms with E-state index in [1.807, 2.05) is 0 Å². The van der Waals surface area contributed by atoms with Crippen molar-refractivity contribution in [2.24, 2.45) is 10.9 Å². The highest BCUT2D eigenvalue weighted by molar-refractivity contribution is 6.03. The Hall–Kier alpha value is -2.88. The monoisotopic (exact) mass is 424 g/mol. The molecule has 0 aliphatic carbocycles. The first-order valence-electron chi connectivity index (χ1n) is 9.95. The molecule has 2 amide bonds. The van der Waals surface area contributed by atoms with E-state index in [-0.39, 0.29) is 30.8 Å². The van der Waals surface area contributed by atoms with Gasteiger partial charge in [0.15, 0.2) is 11.6 Å². The van der Waals surface area contributed by atoms with Crippen LogP contribution >= 0.6 is 0 Å². The molecule has 0 unspecified atom stereocenters. The molecule has 1 aliphatic heterocycles. The molecule has 10 heteroatoms. The van der Waals surface area contributed by atoms with Gasteiger partial charge in [-0.1, -0.05) is 0 Å². The van der Waals surface area contributed by atoms with Crippen LogP contribution in [0.4, 0.5) is 14.9 Å². The van der Waals surface area contributed by atoms with Gasteiger partial charge >= 0.3 is 12.0 Å². The number of carbonyl (C=O) groups is 2. The number of ether oxygens (including phenoxy) is 2. The number of nitrogens with one attached hydrogen (secondary N) is 3. The molecule has 0 radical (unpaired) electrons. The van der Waals surface area contributed by atoms with Crippen LogP contribution in [0.25, 0.3) is 0 Å². The highest BCUT2D eigenvalue weighted by Crippen LogP contribution is 2.22. The van der Waals surface area contributed by atoms with Crippen LogP contribution in [0.5, 0.6) is 5.75 Å². The van der Waals surface area contributed by atoms with Crippen LogP contribution in [0.15, 0.2) is 23.2 Å². The third-order valence-electron chi connectivity index (χ3n) is 4.26. The summed E-state index contributed by atoms with van der Waals surface area (Å²) in [5.74, 6) is -0.947. The van der Waals surface area contributed by atoms with Crippen molar-refractivity contribution in [3.05, 3.63) is 24.0 Å². The van der Waals surface area contributed by atoms with Gasteiger partial charge in [0.2, 0.25) is 5.96 Å². The topological polar surface area (TPSA) is 121 Å². The zero-order valence-electron chi connectivity index (χ0n) is 17.2. The van der Waals surface area contributed by atoms with Crippen molar-refractivity contribution in [2.45, 2.75) is 39.2 Å². The Morgan fingerprint density at radius 1 is 1.33 bits per heavy atom. The molecule has 0 bridgehead atoms. The molecule has 1 heterocycles. The SMILES string of the molecule is CC(C)Oc1ccc(NC(=NCC2CCOCC2)NC(=O)NCCC(=O)O)cc1F. The summed E-state index contributed by atoms with van der Waals surface area (Å²) >= 11 is 0. The number of urea groups is 1. The van der Waals surface area contributed by atoms with Crippen LogP contribution in [0.1, 0.15) is 33.1 Å². The number of amides is 2. The normalized spacial score (nSPS) is 15.0. The Bertz CT molecular complexity index is 751. The van der Waals surface area contributed by atoms with Gasteiger partial charge in [-0.2, -0.15) is 0 Å². The molecule has 1 aliphatic rings. The number of hydrogen-bond acceptors (Lipinski definition) is 5. The molecule has 1 aromatic rings. The highest BCUT2D eigenvalue weighted by Gasteiger charge is 2.15. The fourth-order valence-electron chi connectivity index (χ4n) is 2.76. The number of rotatable bonds is 8. The van der Waals surface area contributed by atoms with Crippen molar-refractivity contribution in [1.82, 2.24) is 10.6 Å². The molecule has 0 spiro atoms. The first-order chi connectivity index (χ1) is 14.3. The Kier molecular flexibility index (Phi) is 9.33. The lowest BCUT2D eigenvalue weighted by atomic mass is 10.0. The molecule has 2 rings (SSSR count). The van der Waals surface area contributed by atoms with E-state index in [2.05, 4.69) is 20.9 Å². The number of guanidine groups is 1. The predicted molar refractivity (Wildman–Crippen MR) is 110 cm³/mol. The predicted octanol–water partition coefficient (Wildman–Crippen LogP) is 2.58. The van der Waals surface area contributed by atoms with Gasteiger partial charge in [0.1, 0.15) is 0 Å². The fraction of sp³-hybridized carbons (Fsp3) is 0.550.